The maximum absolute atomic E-state index is 13.0. The molecule has 5 heteroatoms. The molecule has 84 valence electrons. The summed E-state index contributed by atoms with van der Waals surface area (Å²) in [6, 6.07) is 0. The fourth-order valence-electron chi connectivity index (χ4n) is 0.942. The van der Waals surface area contributed by atoms with Gasteiger partial charge in [0, 0.05) is 0 Å². The third-order valence-electron chi connectivity index (χ3n) is 1.80. The molecule has 1 atom stereocenters. The highest BCUT2D eigenvalue weighted by Gasteiger charge is 2.47. The summed E-state index contributed by atoms with van der Waals surface area (Å²) in [7, 11) is 0. The lowest BCUT2D eigenvalue weighted by Crippen LogP contribution is -2.42. The number of aliphatic hydroxyl groups is 1. The summed E-state index contributed by atoms with van der Waals surface area (Å²) in [5, 5.41) is 9.05. The van der Waals surface area contributed by atoms with Crippen molar-refractivity contribution in [3.05, 3.63) is 0 Å². The third kappa shape index (κ3) is 3.57. The number of hydrogen-bond acceptors (Lipinski definition) is 3. The Morgan fingerprint density at radius 2 is 2.07 bits per heavy atom. The number of ether oxygens (including phenoxy) is 1. The summed E-state index contributed by atoms with van der Waals surface area (Å²) in [6.07, 6.45) is -0.893. The van der Waals surface area contributed by atoms with Gasteiger partial charge in [0.15, 0.2) is 0 Å². The summed E-state index contributed by atoms with van der Waals surface area (Å²) in [4.78, 5) is 10.7. The first kappa shape index (κ1) is 13.3. The average Bonchev–Trinajstić information content (AvgIpc) is 2.14. The quantitative estimate of drug-likeness (QED) is 0.679. The zero-order valence-electron chi connectivity index (χ0n) is 8.43. The van der Waals surface area contributed by atoms with Gasteiger partial charge in [-0.3, -0.25) is 0 Å². The minimum absolute atomic E-state index is 0.0949. The largest absolute Gasteiger partial charge is 0.461 e. The lowest BCUT2D eigenvalue weighted by molar-refractivity contribution is -0.188. The van der Waals surface area contributed by atoms with Crippen molar-refractivity contribution in [3.63, 3.8) is 0 Å². The summed E-state index contributed by atoms with van der Waals surface area (Å²) in [5.41, 5.74) is 0. The molecule has 3 nitrogen and oxygen atoms in total. The van der Waals surface area contributed by atoms with Crippen LogP contribution in [0.5, 0.6) is 0 Å². The molecule has 1 N–H and O–H groups in total. The second-order valence-corrected chi connectivity index (χ2v) is 3.00. The molecule has 0 spiro atoms. The van der Waals surface area contributed by atoms with Gasteiger partial charge in [-0.25, -0.2) is 4.79 Å². The van der Waals surface area contributed by atoms with Gasteiger partial charge in [0.2, 0.25) is 0 Å². The molecule has 0 aromatic carbocycles. The summed E-state index contributed by atoms with van der Waals surface area (Å²) in [5.74, 6) is -5.44. The molecular weight excluding hydrogens is 194 g/mol. The van der Waals surface area contributed by atoms with Crippen molar-refractivity contribution >= 4 is 5.97 Å². The van der Waals surface area contributed by atoms with Gasteiger partial charge in [0.25, 0.3) is 0 Å². The van der Waals surface area contributed by atoms with Crippen LogP contribution in [0.1, 0.15) is 33.1 Å². The Kier molecular flexibility index (Phi) is 5.60. The molecule has 0 aromatic heterocycles. The topological polar surface area (TPSA) is 46.5 Å². The third-order valence-corrected chi connectivity index (χ3v) is 1.80. The number of aliphatic hydroxyl groups excluding tert-OH is 1. The second kappa shape index (κ2) is 5.90. The van der Waals surface area contributed by atoms with E-state index in [2.05, 4.69) is 4.74 Å². The molecule has 0 aromatic rings. The molecule has 0 aliphatic heterocycles. The predicted molar refractivity (Wildman–Crippen MR) is 47.1 cm³/mol. The highest BCUT2D eigenvalue weighted by atomic mass is 19.3. The van der Waals surface area contributed by atoms with Gasteiger partial charge in [-0.15, -0.1) is 0 Å². The Morgan fingerprint density at radius 1 is 1.50 bits per heavy atom. The first-order valence-electron chi connectivity index (χ1n) is 4.69. The molecular formula is C9H16F2O3. The minimum Gasteiger partial charge on any atom is -0.461 e. The zero-order valence-corrected chi connectivity index (χ0v) is 8.43. The number of carbonyl (C=O) groups excluding carboxylic acids is 1. The van der Waals surface area contributed by atoms with Crippen molar-refractivity contribution in [2.75, 3.05) is 6.61 Å². The number of hydrogen-bond donors (Lipinski definition) is 1. The van der Waals surface area contributed by atoms with E-state index in [0.717, 1.165) is 0 Å². The maximum Gasteiger partial charge on any atom is 0.379 e. The summed E-state index contributed by atoms with van der Waals surface area (Å²) >= 11 is 0. The van der Waals surface area contributed by atoms with Crippen LogP contribution in [-0.2, 0) is 9.53 Å². The van der Waals surface area contributed by atoms with Crippen molar-refractivity contribution in [2.24, 2.45) is 0 Å². The number of alkyl halides is 2. The smallest absolute Gasteiger partial charge is 0.379 e. The van der Waals surface area contributed by atoms with Crippen LogP contribution in [0.4, 0.5) is 8.78 Å². The van der Waals surface area contributed by atoms with E-state index in [9.17, 15) is 13.6 Å². The van der Waals surface area contributed by atoms with Crippen molar-refractivity contribution in [3.8, 4) is 0 Å². The van der Waals surface area contributed by atoms with E-state index in [1.165, 1.54) is 6.92 Å². The first-order valence-corrected chi connectivity index (χ1v) is 4.69. The van der Waals surface area contributed by atoms with Crippen molar-refractivity contribution in [1.82, 2.24) is 0 Å². The Hall–Kier alpha value is -0.710. The van der Waals surface area contributed by atoms with Gasteiger partial charge in [0.1, 0.15) is 6.10 Å². The van der Waals surface area contributed by atoms with Crippen molar-refractivity contribution in [2.45, 2.75) is 45.1 Å². The van der Waals surface area contributed by atoms with E-state index in [1.54, 1.807) is 0 Å². The molecule has 0 rings (SSSR count). The van der Waals surface area contributed by atoms with Gasteiger partial charge in [-0.2, -0.15) is 8.78 Å². The van der Waals surface area contributed by atoms with Gasteiger partial charge < -0.3 is 9.84 Å². The number of halogens is 2. The molecule has 0 fully saturated rings. The molecule has 14 heavy (non-hydrogen) atoms. The fourth-order valence-corrected chi connectivity index (χ4v) is 0.942. The van der Waals surface area contributed by atoms with Crippen LogP contribution < -0.4 is 0 Å². The Balaban J connectivity index is 4.20. The monoisotopic (exact) mass is 210 g/mol. The molecule has 0 radical (unpaired) electrons. The van der Waals surface area contributed by atoms with Gasteiger partial charge >= 0.3 is 11.9 Å². The van der Waals surface area contributed by atoms with E-state index in [4.69, 9.17) is 5.11 Å². The average molecular weight is 210 g/mol. The van der Waals surface area contributed by atoms with Crippen LogP contribution in [0, 0.1) is 0 Å². The van der Waals surface area contributed by atoms with E-state index in [-0.39, 0.29) is 13.0 Å². The van der Waals surface area contributed by atoms with Crippen LogP contribution in [0.15, 0.2) is 0 Å². The zero-order chi connectivity index (χ0) is 11.2. The molecule has 0 aliphatic carbocycles. The standard InChI is InChI=1S/C9H16F2O3/c1-3-5-6-7(12)9(10,11)8(13)14-4-2/h7,12H,3-6H2,1-2H3. The van der Waals surface area contributed by atoms with E-state index >= 15 is 0 Å². The minimum atomic E-state index is -3.79. The Bertz CT molecular complexity index is 183. The molecule has 0 bridgehead atoms. The Labute approximate surface area is 82.1 Å². The normalized spacial score (nSPS) is 13.8. The van der Waals surface area contributed by atoms with E-state index in [0.29, 0.717) is 12.8 Å². The number of carbonyl (C=O) groups is 1. The molecule has 0 saturated heterocycles. The second-order valence-electron chi connectivity index (χ2n) is 3.00. The maximum atomic E-state index is 13.0. The number of unbranched alkanes of at least 4 members (excludes halogenated alkanes) is 1. The molecule has 0 amide bonds. The van der Waals surface area contributed by atoms with Crippen LogP contribution in [0.2, 0.25) is 0 Å². The molecule has 1 unspecified atom stereocenters. The lowest BCUT2D eigenvalue weighted by atomic mass is 10.1. The van der Waals surface area contributed by atoms with Crippen LogP contribution in [0.3, 0.4) is 0 Å². The summed E-state index contributed by atoms with van der Waals surface area (Å²) in [6.45, 7) is 3.14. The molecule has 0 heterocycles. The summed E-state index contributed by atoms with van der Waals surface area (Å²) < 4.78 is 30.2. The fraction of sp³-hybridized carbons (Fsp3) is 0.889. The number of rotatable bonds is 6. The van der Waals surface area contributed by atoms with E-state index < -0.39 is 18.0 Å². The first-order chi connectivity index (χ1) is 6.46. The van der Waals surface area contributed by atoms with Crippen LogP contribution in [0.25, 0.3) is 0 Å². The highest BCUT2D eigenvalue weighted by Crippen LogP contribution is 2.24. The lowest BCUT2D eigenvalue weighted by Gasteiger charge is -2.20. The van der Waals surface area contributed by atoms with Gasteiger partial charge in [-0.05, 0) is 13.3 Å². The van der Waals surface area contributed by atoms with Gasteiger partial charge in [0.05, 0.1) is 6.61 Å². The van der Waals surface area contributed by atoms with Gasteiger partial charge in [-0.1, -0.05) is 19.8 Å². The highest BCUT2D eigenvalue weighted by molar-refractivity contribution is 5.78. The van der Waals surface area contributed by atoms with Crippen molar-refractivity contribution in [1.29, 1.82) is 0 Å². The number of esters is 1. The molecule has 0 saturated carbocycles. The SMILES string of the molecule is CCCCC(O)C(F)(F)C(=O)OCC. The Morgan fingerprint density at radius 3 is 2.50 bits per heavy atom. The van der Waals surface area contributed by atoms with Crippen LogP contribution in [-0.4, -0.2) is 29.7 Å². The predicted octanol–water partition coefficient (Wildman–Crippen LogP) is 1.74. The van der Waals surface area contributed by atoms with E-state index in [1.807, 2.05) is 6.92 Å². The molecule has 0 aliphatic rings. The van der Waals surface area contributed by atoms with Crippen LogP contribution >= 0.6 is 0 Å². The van der Waals surface area contributed by atoms with Crippen molar-refractivity contribution < 1.29 is 23.4 Å².